The molecule has 1 amide bonds. The molecule has 0 bridgehead atoms. The minimum Gasteiger partial charge on any atom is -0.507 e. The monoisotopic (exact) mass is 562 g/mol. The lowest BCUT2D eigenvalue weighted by atomic mass is 9.78. The number of hydrogen-bond acceptors (Lipinski definition) is 5. The zero-order valence-corrected chi connectivity index (χ0v) is 24.8. The van der Waals surface area contributed by atoms with Crippen molar-refractivity contribution in [1.29, 1.82) is 0 Å². The molecule has 6 nitrogen and oxygen atoms in total. The van der Waals surface area contributed by atoms with Gasteiger partial charge in [0, 0.05) is 16.1 Å². The van der Waals surface area contributed by atoms with E-state index >= 15 is 0 Å². The summed E-state index contributed by atoms with van der Waals surface area (Å²) in [6.07, 6.45) is 1.63. The fraction of sp³-hybridized carbons (Fsp3) is 0.323. The summed E-state index contributed by atoms with van der Waals surface area (Å²) in [5.41, 5.74) is 7.64. The van der Waals surface area contributed by atoms with Crippen molar-refractivity contribution < 1.29 is 9.90 Å². The summed E-state index contributed by atoms with van der Waals surface area (Å²) in [6, 6.07) is 19.5. The quantitative estimate of drug-likeness (QED) is 0.141. The number of hydrazone groups is 1. The standard InChI is InChI=1S/C31H35ClN4O2S/c1-30(2,3)23-15-21(16-24(28(23)38)31(4,5)6)17-33-35-27(37)19-39-29-34-25-9-7-8-10-26(25)36(29)18-20-11-13-22(32)14-12-20/h7-17,38H,18-19H2,1-6H3,(H,35,37)/b33-17-. The molecule has 4 aromatic rings. The van der Waals surface area contributed by atoms with Crippen molar-refractivity contribution in [2.75, 3.05) is 5.75 Å². The number of halogens is 1. The summed E-state index contributed by atoms with van der Waals surface area (Å²) in [7, 11) is 0. The SMILES string of the molecule is CC(C)(C)c1cc(/C=N\NC(=O)CSc2nc3ccccc3n2Cc2ccc(Cl)cc2)cc(C(C)(C)C)c1O. The van der Waals surface area contributed by atoms with Crippen molar-refractivity contribution in [3.05, 3.63) is 87.9 Å². The van der Waals surface area contributed by atoms with E-state index in [9.17, 15) is 9.90 Å². The average molecular weight is 563 g/mol. The van der Waals surface area contributed by atoms with E-state index in [4.69, 9.17) is 16.6 Å². The molecule has 0 saturated carbocycles. The molecule has 1 heterocycles. The minimum absolute atomic E-state index is 0.164. The highest BCUT2D eigenvalue weighted by Crippen LogP contribution is 2.39. The minimum atomic E-state index is -0.245. The molecule has 2 N–H and O–H groups in total. The first-order valence-corrected chi connectivity index (χ1v) is 14.2. The van der Waals surface area contributed by atoms with E-state index in [1.165, 1.54) is 11.8 Å². The summed E-state index contributed by atoms with van der Waals surface area (Å²) >= 11 is 7.43. The summed E-state index contributed by atoms with van der Waals surface area (Å²) < 4.78 is 2.11. The maximum absolute atomic E-state index is 12.7. The molecule has 0 aliphatic carbocycles. The van der Waals surface area contributed by atoms with Crippen LogP contribution in [0.5, 0.6) is 5.75 Å². The Hall–Kier alpha value is -3.29. The first-order valence-electron chi connectivity index (χ1n) is 12.9. The van der Waals surface area contributed by atoms with Crippen LogP contribution in [-0.2, 0) is 22.2 Å². The molecule has 39 heavy (non-hydrogen) atoms. The van der Waals surface area contributed by atoms with Gasteiger partial charge in [0.15, 0.2) is 5.16 Å². The molecule has 0 saturated heterocycles. The number of phenols is 1. The second-order valence-corrected chi connectivity index (χ2v) is 13.0. The molecule has 3 aromatic carbocycles. The van der Waals surface area contributed by atoms with E-state index in [1.807, 2.05) is 60.7 Å². The van der Waals surface area contributed by atoms with Crippen molar-refractivity contribution >= 4 is 46.5 Å². The van der Waals surface area contributed by atoms with E-state index < -0.39 is 0 Å². The van der Waals surface area contributed by atoms with Crippen LogP contribution in [0.4, 0.5) is 0 Å². The lowest BCUT2D eigenvalue weighted by Gasteiger charge is -2.27. The van der Waals surface area contributed by atoms with Gasteiger partial charge in [-0.25, -0.2) is 10.4 Å². The first-order chi connectivity index (χ1) is 18.3. The molecular weight excluding hydrogens is 528 g/mol. The normalized spacial score (nSPS) is 12.4. The van der Waals surface area contributed by atoms with Crippen molar-refractivity contribution in [1.82, 2.24) is 15.0 Å². The number of aromatic nitrogens is 2. The Morgan fingerprint density at radius 2 is 1.64 bits per heavy atom. The maximum atomic E-state index is 12.7. The number of para-hydroxylation sites is 2. The summed E-state index contributed by atoms with van der Waals surface area (Å²) in [6.45, 7) is 13.0. The Balaban J connectivity index is 1.48. The number of phenolic OH excluding ortho intramolecular Hbond substituents is 1. The van der Waals surface area contributed by atoms with Gasteiger partial charge in [0.1, 0.15) is 5.75 Å². The smallest absolute Gasteiger partial charge is 0.250 e. The van der Waals surface area contributed by atoms with Crippen molar-refractivity contribution in [3.63, 3.8) is 0 Å². The molecule has 8 heteroatoms. The summed E-state index contributed by atoms with van der Waals surface area (Å²) in [5.74, 6) is 0.249. The number of aromatic hydroxyl groups is 1. The highest BCUT2D eigenvalue weighted by Gasteiger charge is 2.26. The lowest BCUT2D eigenvalue weighted by molar-refractivity contribution is -0.118. The Kier molecular flexibility index (Phi) is 8.42. The van der Waals surface area contributed by atoms with Crippen LogP contribution >= 0.6 is 23.4 Å². The number of benzene rings is 3. The summed E-state index contributed by atoms with van der Waals surface area (Å²) in [5, 5.41) is 16.6. The zero-order chi connectivity index (χ0) is 28.4. The molecule has 0 unspecified atom stereocenters. The number of thioether (sulfide) groups is 1. The molecule has 0 atom stereocenters. The van der Waals surface area contributed by atoms with Crippen molar-refractivity contribution in [3.8, 4) is 5.75 Å². The highest BCUT2D eigenvalue weighted by atomic mass is 35.5. The van der Waals surface area contributed by atoms with Crippen LogP contribution in [0.2, 0.25) is 5.02 Å². The van der Waals surface area contributed by atoms with Gasteiger partial charge >= 0.3 is 0 Å². The topological polar surface area (TPSA) is 79.5 Å². The van der Waals surface area contributed by atoms with E-state index in [2.05, 4.69) is 56.6 Å². The van der Waals surface area contributed by atoms with E-state index in [0.29, 0.717) is 17.3 Å². The second kappa shape index (κ2) is 11.4. The maximum Gasteiger partial charge on any atom is 0.250 e. The van der Waals surface area contributed by atoms with Gasteiger partial charge in [-0.05, 0) is 58.4 Å². The van der Waals surface area contributed by atoms with Crippen molar-refractivity contribution in [2.24, 2.45) is 5.10 Å². The molecular formula is C31H35ClN4O2S. The number of carbonyl (C=O) groups is 1. The van der Waals surface area contributed by atoms with Gasteiger partial charge in [-0.3, -0.25) is 4.79 Å². The molecule has 0 radical (unpaired) electrons. The Labute approximate surface area is 239 Å². The van der Waals surface area contributed by atoms with Crippen LogP contribution in [-0.4, -0.2) is 32.5 Å². The number of fused-ring (bicyclic) bond motifs is 1. The predicted molar refractivity (Wildman–Crippen MR) is 162 cm³/mol. The lowest BCUT2D eigenvalue weighted by Crippen LogP contribution is -2.20. The Bertz CT molecular complexity index is 1480. The predicted octanol–water partition coefficient (Wildman–Crippen LogP) is 7.28. The fourth-order valence-corrected chi connectivity index (χ4v) is 5.24. The molecule has 0 aliphatic rings. The number of hydrogen-bond donors (Lipinski definition) is 2. The van der Waals surface area contributed by atoms with Gasteiger partial charge in [-0.15, -0.1) is 0 Å². The van der Waals surface area contributed by atoms with Crippen LogP contribution in [0.3, 0.4) is 0 Å². The molecule has 0 aliphatic heterocycles. The van der Waals surface area contributed by atoms with Gasteiger partial charge in [-0.2, -0.15) is 5.10 Å². The van der Waals surface area contributed by atoms with Gasteiger partial charge < -0.3 is 9.67 Å². The number of imidazole rings is 1. The number of nitrogens with one attached hydrogen (secondary N) is 1. The molecule has 0 fully saturated rings. The second-order valence-electron chi connectivity index (χ2n) is 11.6. The number of nitrogens with zero attached hydrogens (tertiary/aromatic N) is 3. The number of amides is 1. The van der Waals surface area contributed by atoms with Crippen LogP contribution in [0.1, 0.15) is 63.8 Å². The van der Waals surface area contributed by atoms with E-state index in [1.54, 1.807) is 6.21 Å². The third-order valence-corrected chi connectivity index (χ3v) is 7.59. The Morgan fingerprint density at radius 1 is 1.03 bits per heavy atom. The summed E-state index contributed by atoms with van der Waals surface area (Å²) in [4.78, 5) is 17.5. The third kappa shape index (κ3) is 7.02. The average Bonchev–Trinajstić information content (AvgIpc) is 3.20. The molecule has 1 aromatic heterocycles. The molecule has 0 spiro atoms. The van der Waals surface area contributed by atoms with Gasteiger partial charge in [0.25, 0.3) is 5.91 Å². The molecule has 204 valence electrons. The van der Waals surface area contributed by atoms with Crippen LogP contribution in [0, 0.1) is 0 Å². The van der Waals surface area contributed by atoms with Gasteiger partial charge in [0.2, 0.25) is 0 Å². The van der Waals surface area contributed by atoms with E-state index in [0.717, 1.165) is 38.4 Å². The van der Waals surface area contributed by atoms with E-state index in [-0.39, 0.29) is 22.5 Å². The van der Waals surface area contributed by atoms with Crippen molar-refractivity contribution in [2.45, 2.75) is 64.1 Å². The number of carbonyl (C=O) groups excluding carboxylic acids is 1. The first kappa shape index (κ1) is 28.7. The van der Waals surface area contributed by atoms with Gasteiger partial charge in [0.05, 0.1) is 29.5 Å². The highest BCUT2D eigenvalue weighted by molar-refractivity contribution is 7.99. The number of rotatable bonds is 7. The van der Waals surface area contributed by atoms with Crippen LogP contribution in [0.15, 0.2) is 70.9 Å². The molecule has 4 rings (SSSR count). The van der Waals surface area contributed by atoms with Crippen LogP contribution < -0.4 is 5.43 Å². The fourth-order valence-electron chi connectivity index (χ4n) is 4.30. The van der Waals surface area contributed by atoms with Crippen LogP contribution in [0.25, 0.3) is 11.0 Å². The third-order valence-electron chi connectivity index (χ3n) is 6.36. The largest absolute Gasteiger partial charge is 0.507 e. The zero-order valence-electron chi connectivity index (χ0n) is 23.2. The Morgan fingerprint density at radius 3 is 2.26 bits per heavy atom. The van der Waals surface area contributed by atoms with Gasteiger partial charge in [-0.1, -0.05) is 89.2 Å².